The number of nitrogens with one attached hydrogen (secondary N) is 2. The molecule has 0 unspecified atom stereocenters. The van der Waals surface area contributed by atoms with Crippen molar-refractivity contribution in [2.24, 2.45) is 0 Å². The number of nitrogens with zero attached hydrogens (tertiary/aromatic N) is 3. The highest BCUT2D eigenvalue weighted by Crippen LogP contribution is 2.44. The summed E-state index contributed by atoms with van der Waals surface area (Å²) in [5.74, 6) is 1.18. The molecule has 0 spiro atoms. The second-order valence-electron chi connectivity index (χ2n) is 7.60. The maximum absolute atomic E-state index is 13.6. The summed E-state index contributed by atoms with van der Waals surface area (Å²) in [6.45, 7) is 3.73. The van der Waals surface area contributed by atoms with Crippen LogP contribution in [0.15, 0.2) is 65.5 Å². The van der Waals surface area contributed by atoms with E-state index in [4.69, 9.17) is 4.74 Å². The maximum atomic E-state index is 13.6. The van der Waals surface area contributed by atoms with E-state index in [1.165, 1.54) is 10.7 Å². The van der Waals surface area contributed by atoms with Crippen LogP contribution in [-0.4, -0.2) is 25.7 Å². The van der Waals surface area contributed by atoms with Crippen LogP contribution in [0.1, 0.15) is 35.4 Å². The zero-order valence-corrected chi connectivity index (χ0v) is 17.6. The fourth-order valence-electron chi connectivity index (χ4n) is 3.92. The molecule has 0 radical (unpaired) electrons. The first-order valence-corrected chi connectivity index (χ1v) is 10.4. The SMILES string of the molecule is CCc1cc(=O)[nH]c(-n2nc(C)cc2NC(=O)C2c3ccccc3Oc3ccccc32)n1. The lowest BCUT2D eigenvalue weighted by Crippen LogP contribution is -2.26. The summed E-state index contributed by atoms with van der Waals surface area (Å²) < 4.78 is 7.45. The van der Waals surface area contributed by atoms with Gasteiger partial charge in [0.25, 0.3) is 5.56 Å². The van der Waals surface area contributed by atoms with Crippen LogP contribution in [0.25, 0.3) is 5.95 Å². The number of carbonyl (C=O) groups excluding carboxylic acids is 1. The number of hydrogen-bond donors (Lipinski definition) is 2. The zero-order valence-electron chi connectivity index (χ0n) is 17.6. The highest BCUT2D eigenvalue weighted by Gasteiger charge is 2.33. The largest absolute Gasteiger partial charge is 0.457 e. The van der Waals surface area contributed by atoms with Gasteiger partial charge in [0.1, 0.15) is 17.3 Å². The van der Waals surface area contributed by atoms with Crippen molar-refractivity contribution in [1.82, 2.24) is 19.7 Å². The van der Waals surface area contributed by atoms with Crippen LogP contribution in [0.5, 0.6) is 11.5 Å². The Kier molecular flexibility index (Phi) is 4.82. The fraction of sp³-hybridized carbons (Fsp3) is 0.167. The highest BCUT2D eigenvalue weighted by molar-refractivity contribution is 5.99. The summed E-state index contributed by atoms with van der Waals surface area (Å²) in [5, 5.41) is 7.41. The molecule has 8 heteroatoms. The number of aromatic nitrogens is 4. The van der Waals surface area contributed by atoms with Gasteiger partial charge in [0.2, 0.25) is 11.9 Å². The number of fused-ring (bicyclic) bond motifs is 2. The van der Waals surface area contributed by atoms with Crippen LogP contribution in [-0.2, 0) is 11.2 Å². The summed E-state index contributed by atoms with van der Waals surface area (Å²) in [6, 6.07) is 18.2. The van der Waals surface area contributed by atoms with Crippen molar-refractivity contribution in [3.8, 4) is 17.4 Å². The van der Waals surface area contributed by atoms with Crippen LogP contribution in [0.4, 0.5) is 5.82 Å². The number of hydrogen-bond acceptors (Lipinski definition) is 5. The molecule has 1 aliphatic heterocycles. The van der Waals surface area contributed by atoms with Gasteiger partial charge in [0, 0.05) is 29.0 Å². The van der Waals surface area contributed by atoms with Crippen molar-refractivity contribution in [2.75, 3.05) is 5.32 Å². The molecule has 1 amide bonds. The normalized spacial score (nSPS) is 12.6. The second kappa shape index (κ2) is 7.81. The number of aromatic amines is 1. The quantitative estimate of drug-likeness (QED) is 0.517. The second-order valence-corrected chi connectivity index (χ2v) is 7.60. The van der Waals surface area contributed by atoms with Crippen molar-refractivity contribution < 1.29 is 9.53 Å². The third-order valence-corrected chi connectivity index (χ3v) is 5.37. The highest BCUT2D eigenvalue weighted by atomic mass is 16.5. The molecule has 3 heterocycles. The number of rotatable bonds is 4. The van der Waals surface area contributed by atoms with Crippen molar-refractivity contribution in [3.63, 3.8) is 0 Å². The first-order chi connectivity index (χ1) is 15.5. The smallest absolute Gasteiger partial charge is 0.252 e. The molecule has 0 fully saturated rings. The minimum atomic E-state index is -0.561. The fourth-order valence-corrected chi connectivity index (χ4v) is 3.92. The Morgan fingerprint density at radius 2 is 1.75 bits per heavy atom. The van der Waals surface area contributed by atoms with E-state index in [1.807, 2.05) is 62.4 Å². The standard InChI is InChI=1S/C24H21N5O3/c1-3-15-13-21(30)27-24(25-15)29-20(12-14(2)28-29)26-23(31)22-16-8-4-6-10-18(16)32-19-11-7-5-9-17(19)22/h4-13,22H,3H2,1-2H3,(H,26,31)(H,25,27,30). The molecule has 8 nitrogen and oxygen atoms in total. The Labute approximate surface area is 183 Å². The van der Waals surface area contributed by atoms with Crippen molar-refractivity contribution in [2.45, 2.75) is 26.2 Å². The number of benzene rings is 2. The van der Waals surface area contributed by atoms with Gasteiger partial charge in [-0.2, -0.15) is 9.78 Å². The molecular formula is C24H21N5O3. The molecule has 4 aromatic rings. The van der Waals surface area contributed by atoms with E-state index in [0.29, 0.717) is 35.1 Å². The van der Waals surface area contributed by atoms with E-state index in [-0.39, 0.29) is 17.4 Å². The minimum absolute atomic E-state index is 0.233. The molecule has 0 aliphatic carbocycles. The molecule has 2 N–H and O–H groups in total. The Bertz CT molecular complexity index is 1340. The van der Waals surface area contributed by atoms with E-state index in [9.17, 15) is 9.59 Å². The number of para-hydroxylation sites is 2. The van der Waals surface area contributed by atoms with Gasteiger partial charge in [-0.05, 0) is 25.5 Å². The molecule has 0 saturated carbocycles. The van der Waals surface area contributed by atoms with E-state index >= 15 is 0 Å². The van der Waals surface area contributed by atoms with Gasteiger partial charge in [-0.25, -0.2) is 4.98 Å². The van der Waals surface area contributed by atoms with Gasteiger partial charge in [-0.3, -0.25) is 14.6 Å². The number of carbonyl (C=O) groups is 1. The molecule has 0 saturated heterocycles. The van der Waals surface area contributed by atoms with Crippen LogP contribution < -0.4 is 15.6 Å². The number of H-pyrrole nitrogens is 1. The first kappa shape index (κ1) is 19.7. The van der Waals surface area contributed by atoms with Crippen molar-refractivity contribution in [1.29, 1.82) is 0 Å². The Hall–Kier alpha value is -4.20. The lowest BCUT2D eigenvalue weighted by atomic mass is 9.87. The molecule has 32 heavy (non-hydrogen) atoms. The number of amides is 1. The van der Waals surface area contributed by atoms with Gasteiger partial charge >= 0.3 is 0 Å². The van der Waals surface area contributed by atoms with E-state index < -0.39 is 5.92 Å². The van der Waals surface area contributed by atoms with Crippen LogP contribution in [0, 0.1) is 6.92 Å². The molecule has 160 valence electrons. The minimum Gasteiger partial charge on any atom is -0.457 e. The van der Waals surface area contributed by atoms with Gasteiger partial charge in [-0.15, -0.1) is 0 Å². The maximum Gasteiger partial charge on any atom is 0.252 e. The van der Waals surface area contributed by atoms with Gasteiger partial charge in [-0.1, -0.05) is 43.3 Å². The van der Waals surface area contributed by atoms with Gasteiger partial charge in [0.05, 0.1) is 11.6 Å². The molecule has 0 bridgehead atoms. The van der Waals surface area contributed by atoms with Gasteiger partial charge < -0.3 is 10.1 Å². The van der Waals surface area contributed by atoms with Gasteiger partial charge in [0.15, 0.2) is 0 Å². The number of aryl methyl sites for hydroxylation is 2. The molecule has 1 aliphatic rings. The summed E-state index contributed by atoms with van der Waals surface area (Å²) in [7, 11) is 0. The third-order valence-electron chi connectivity index (χ3n) is 5.37. The van der Waals surface area contributed by atoms with E-state index in [2.05, 4.69) is 20.4 Å². The predicted molar refractivity (Wildman–Crippen MR) is 120 cm³/mol. The monoisotopic (exact) mass is 427 g/mol. The lowest BCUT2D eigenvalue weighted by molar-refractivity contribution is -0.116. The van der Waals surface area contributed by atoms with Crippen LogP contribution in [0.3, 0.4) is 0 Å². The van der Waals surface area contributed by atoms with Crippen molar-refractivity contribution >= 4 is 11.7 Å². The number of anilines is 1. The summed E-state index contributed by atoms with van der Waals surface area (Å²) >= 11 is 0. The molecular weight excluding hydrogens is 406 g/mol. The van der Waals surface area contributed by atoms with Crippen molar-refractivity contribution in [3.05, 3.63) is 93.5 Å². The zero-order chi connectivity index (χ0) is 22.2. The van der Waals surface area contributed by atoms with Crippen LogP contribution in [0.2, 0.25) is 0 Å². The Morgan fingerprint density at radius 3 is 2.41 bits per heavy atom. The third kappa shape index (κ3) is 3.45. The molecule has 0 atom stereocenters. The molecule has 2 aromatic heterocycles. The molecule has 2 aromatic carbocycles. The summed E-state index contributed by atoms with van der Waals surface area (Å²) in [5.41, 5.74) is 2.61. The first-order valence-electron chi connectivity index (χ1n) is 10.4. The average Bonchev–Trinajstić information content (AvgIpc) is 3.16. The van der Waals surface area contributed by atoms with Crippen LogP contribution >= 0.6 is 0 Å². The Balaban J connectivity index is 1.55. The Morgan fingerprint density at radius 1 is 1.09 bits per heavy atom. The summed E-state index contributed by atoms with van der Waals surface area (Å²) in [4.78, 5) is 32.8. The lowest BCUT2D eigenvalue weighted by Gasteiger charge is -2.27. The molecule has 5 rings (SSSR count). The number of ether oxygens (including phenoxy) is 1. The predicted octanol–water partition coefficient (Wildman–Crippen LogP) is 3.70. The topological polar surface area (TPSA) is 102 Å². The summed E-state index contributed by atoms with van der Waals surface area (Å²) in [6.07, 6.45) is 0.606. The van der Waals surface area contributed by atoms with E-state index in [0.717, 1.165) is 11.1 Å². The average molecular weight is 427 g/mol. The van der Waals surface area contributed by atoms with E-state index in [1.54, 1.807) is 6.07 Å².